The van der Waals surface area contributed by atoms with Crippen molar-refractivity contribution in [2.75, 3.05) is 0 Å². The molecule has 0 unspecified atom stereocenters. The van der Waals surface area contributed by atoms with Crippen LogP contribution in [0.25, 0.3) is 27.7 Å². The lowest BCUT2D eigenvalue weighted by Crippen LogP contribution is -2.19. The standard InChI is InChI=1S/C21H16N2O2/c1-14-7-9-16(10-8-14)23-13-22-19-12-17(24)11-18(20(19)21(23)25)15-5-3-2-4-6-15/h2-13,24H,1H3. The maximum Gasteiger partial charge on any atom is 0.266 e. The van der Waals surface area contributed by atoms with Crippen LogP contribution in [0, 0.1) is 6.92 Å². The number of fused-ring (bicyclic) bond motifs is 1. The number of hydrogen-bond acceptors (Lipinski definition) is 3. The molecule has 4 heteroatoms. The highest BCUT2D eigenvalue weighted by molar-refractivity contribution is 5.95. The molecule has 4 nitrogen and oxygen atoms in total. The minimum atomic E-state index is -0.160. The summed E-state index contributed by atoms with van der Waals surface area (Å²) in [4.78, 5) is 17.6. The largest absolute Gasteiger partial charge is 0.508 e. The second kappa shape index (κ2) is 5.91. The zero-order valence-corrected chi connectivity index (χ0v) is 13.7. The van der Waals surface area contributed by atoms with Gasteiger partial charge in [-0.2, -0.15) is 0 Å². The summed E-state index contributed by atoms with van der Waals surface area (Å²) in [5.41, 5.74) is 3.75. The van der Waals surface area contributed by atoms with Crippen molar-refractivity contribution in [3.8, 4) is 22.6 Å². The van der Waals surface area contributed by atoms with Gasteiger partial charge < -0.3 is 5.11 Å². The van der Waals surface area contributed by atoms with Gasteiger partial charge in [0.1, 0.15) is 12.1 Å². The molecular weight excluding hydrogens is 312 g/mol. The summed E-state index contributed by atoms with van der Waals surface area (Å²) in [5.74, 6) is 0.0892. The van der Waals surface area contributed by atoms with Crippen LogP contribution in [0.3, 0.4) is 0 Å². The zero-order valence-electron chi connectivity index (χ0n) is 13.7. The third-order valence-corrected chi connectivity index (χ3v) is 4.24. The lowest BCUT2D eigenvalue weighted by molar-refractivity contribution is 0.476. The summed E-state index contributed by atoms with van der Waals surface area (Å²) in [7, 11) is 0. The van der Waals surface area contributed by atoms with Crippen molar-refractivity contribution in [1.82, 2.24) is 9.55 Å². The first-order valence-corrected chi connectivity index (χ1v) is 8.00. The molecule has 0 saturated heterocycles. The monoisotopic (exact) mass is 328 g/mol. The second-order valence-corrected chi connectivity index (χ2v) is 6.01. The third kappa shape index (κ3) is 2.68. The minimum Gasteiger partial charge on any atom is -0.508 e. The lowest BCUT2D eigenvalue weighted by atomic mass is 10.0. The van der Waals surface area contributed by atoms with Crippen LogP contribution in [0.2, 0.25) is 0 Å². The Labute approximate surface area is 144 Å². The molecule has 4 aromatic rings. The Balaban J connectivity index is 2.05. The molecular formula is C21H16N2O2. The van der Waals surface area contributed by atoms with E-state index in [0.29, 0.717) is 16.5 Å². The number of hydrogen-bond donors (Lipinski definition) is 1. The summed E-state index contributed by atoms with van der Waals surface area (Å²) < 4.78 is 1.53. The highest BCUT2D eigenvalue weighted by atomic mass is 16.3. The van der Waals surface area contributed by atoms with E-state index in [2.05, 4.69) is 4.98 Å². The van der Waals surface area contributed by atoms with E-state index in [1.807, 2.05) is 61.5 Å². The Bertz CT molecular complexity index is 1110. The quantitative estimate of drug-likeness (QED) is 0.603. The number of nitrogens with zero attached hydrogens (tertiary/aromatic N) is 2. The maximum absolute atomic E-state index is 13.2. The molecule has 0 amide bonds. The van der Waals surface area contributed by atoms with Crippen LogP contribution in [0.15, 0.2) is 77.9 Å². The highest BCUT2D eigenvalue weighted by Gasteiger charge is 2.13. The van der Waals surface area contributed by atoms with Crippen LogP contribution in [-0.4, -0.2) is 14.7 Å². The molecule has 0 radical (unpaired) electrons. The molecule has 0 aliphatic carbocycles. The van der Waals surface area contributed by atoms with E-state index in [-0.39, 0.29) is 11.3 Å². The molecule has 0 spiro atoms. The van der Waals surface area contributed by atoms with Crippen molar-refractivity contribution in [2.45, 2.75) is 6.92 Å². The molecule has 122 valence electrons. The first-order chi connectivity index (χ1) is 12.1. The van der Waals surface area contributed by atoms with Crippen LogP contribution in [-0.2, 0) is 0 Å². The van der Waals surface area contributed by atoms with Crippen molar-refractivity contribution in [3.05, 3.63) is 89.0 Å². The molecule has 0 fully saturated rings. The molecule has 0 aliphatic heterocycles. The Kier molecular flexibility index (Phi) is 3.58. The summed E-state index contributed by atoms with van der Waals surface area (Å²) in [5, 5.41) is 10.5. The molecule has 0 bridgehead atoms. The summed E-state index contributed by atoms with van der Waals surface area (Å²) in [6, 6.07) is 20.4. The van der Waals surface area contributed by atoms with Crippen LogP contribution in [0.1, 0.15) is 5.56 Å². The van der Waals surface area contributed by atoms with Crippen LogP contribution in [0.5, 0.6) is 5.75 Å². The Morgan fingerprint density at radius 2 is 1.68 bits per heavy atom. The van der Waals surface area contributed by atoms with Gasteiger partial charge >= 0.3 is 0 Å². The molecule has 1 N–H and O–H groups in total. The molecule has 4 rings (SSSR count). The number of rotatable bonds is 2. The SMILES string of the molecule is Cc1ccc(-n2cnc3cc(O)cc(-c4ccccc4)c3c2=O)cc1. The number of aromatic hydroxyl groups is 1. The zero-order chi connectivity index (χ0) is 17.4. The number of phenolic OH excluding ortho intramolecular Hbond substituents is 1. The van der Waals surface area contributed by atoms with E-state index in [1.165, 1.54) is 17.0 Å². The van der Waals surface area contributed by atoms with Gasteiger partial charge in [0, 0.05) is 11.6 Å². The van der Waals surface area contributed by atoms with Gasteiger partial charge in [0.15, 0.2) is 0 Å². The molecule has 3 aromatic carbocycles. The van der Waals surface area contributed by atoms with Gasteiger partial charge in [-0.3, -0.25) is 9.36 Å². The smallest absolute Gasteiger partial charge is 0.266 e. The minimum absolute atomic E-state index is 0.0892. The van der Waals surface area contributed by atoms with E-state index in [1.54, 1.807) is 6.07 Å². The number of aryl methyl sites for hydroxylation is 1. The van der Waals surface area contributed by atoms with Crippen LogP contribution < -0.4 is 5.56 Å². The number of aromatic nitrogens is 2. The van der Waals surface area contributed by atoms with Gasteiger partial charge in [-0.15, -0.1) is 0 Å². The van der Waals surface area contributed by atoms with E-state index < -0.39 is 0 Å². The van der Waals surface area contributed by atoms with E-state index >= 15 is 0 Å². The number of phenols is 1. The first kappa shape index (κ1) is 15.1. The normalized spacial score (nSPS) is 10.9. The Morgan fingerprint density at radius 1 is 0.960 bits per heavy atom. The first-order valence-electron chi connectivity index (χ1n) is 8.00. The predicted molar refractivity (Wildman–Crippen MR) is 99.2 cm³/mol. The van der Waals surface area contributed by atoms with Gasteiger partial charge in [0.25, 0.3) is 5.56 Å². The van der Waals surface area contributed by atoms with Crippen molar-refractivity contribution >= 4 is 10.9 Å². The maximum atomic E-state index is 13.2. The van der Waals surface area contributed by atoms with Crippen molar-refractivity contribution in [1.29, 1.82) is 0 Å². The van der Waals surface area contributed by atoms with Gasteiger partial charge in [-0.1, -0.05) is 48.0 Å². The predicted octanol–water partition coefficient (Wildman–Crippen LogP) is 4.07. The fourth-order valence-corrected chi connectivity index (χ4v) is 2.97. The van der Waals surface area contributed by atoms with Crippen LogP contribution >= 0.6 is 0 Å². The average molecular weight is 328 g/mol. The van der Waals surface area contributed by atoms with Gasteiger partial charge in [-0.25, -0.2) is 4.98 Å². The van der Waals surface area contributed by atoms with Crippen molar-refractivity contribution < 1.29 is 5.11 Å². The van der Waals surface area contributed by atoms with Crippen molar-refractivity contribution in [2.24, 2.45) is 0 Å². The fraction of sp³-hybridized carbons (Fsp3) is 0.0476. The lowest BCUT2D eigenvalue weighted by Gasteiger charge is -2.11. The van der Waals surface area contributed by atoms with E-state index in [0.717, 1.165) is 16.8 Å². The highest BCUT2D eigenvalue weighted by Crippen LogP contribution is 2.29. The Hall–Kier alpha value is -3.40. The Morgan fingerprint density at radius 3 is 2.40 bits per heavy atom. The molecule has 1 aromatic heterocycles. The van der Waals surface area contributed by atoms with Crippen molar-refractivity contribution in [3.63, 3.8) is 0 Å². The summed E-state index contributed by atoms with van der Waals surface area (Å²) >= 11 is 0. The number of benzene rings is 3. The van der Waals surface area contributed by atoms with Gasteiger partial charge in [0.05, 0.1) is 16.6 Å². The molecule has 0 saturated carbocycles. The van der Waals surface area contributed by atoms with Crippen LogP contribution in [0.4, 0.5) is 0 Å². The van der Waals surface area contributed by atoms with E-state index in [9.17, 15) is 9.90 Å². The van der Waals surface area contributed by atoms with Gasteiger partial charge in [-0.05, 0) is 30.7 Å². The average Bonchev–Trinajstić information content (AvgIpc) is 2.63. The topological polar surface area (TPSA) is 55.1 Å². The molecule has 0 atom stereocenters. The van der Waals surface area contributed by atoms with Gasteiger partial charge in [0.2, 0.25) is 0 Å². The second-order valence-electron chi connectivity index (χ2n) is 6.01. The summed E-state index contributed by atoms with van der Waals surface area (Å²) in [6.07, 6.45) is 1.50. The fourth-order valence-electron chi connectivity index (χ4n) is 2.97. The summed E-state index contributed by atoms with van der Waals surface area (Å²) in [6.45, 7) is 2.00. The third-order valence-electron chi connectivity index (χ3n) is 4.24. The van der Waals surface area contributed by atoms with E-state index in [4.69, 9.17) is 0 Å². The molecule has 0 aliphatic rings. The molecule has 25 heavy (non-hydrogen) atoms. The molecule has 1 heterocycles.